The van der Waals surface area contributed by atoms with E-state index in [0.29, 0.717) is 26.2 Å². The molecule has 3 rings (SSSR count). The molecule has 0 fully saturated rings. The predicted molar refractivity (Wildman–Crippen MR) is 106 cm³/mol. The molecule has 27 heavy (non-hydrogen) atoms. The van der Waals surface area contributed by atoms with Crippen molar-refractivity contribution in [2.24, 2.45) is 0 Å². The molecule has 0 N–H and O–H groups in total. The number of nitrogens with zero attached hydrogens (tertiary/aromatic N) is 2. The second-order valence-corrected chi connectivity index (χ2v) is 8.82. The largest absolute Gasteiger partial charge is 0.334 e. The molecule has 0 radical (unpaired) electrons. The van der Waals surface area contributed by atoms with E-state index >= 15 is 0 Å². The highest BCUT2D eigenvalue weighted by molar-refractivity contribution is 7.89. The Bertz CT molecular complexity index is 955. The summed E-state index contributed by atoms with van der Waals surface area (Å²) in [5.41, 5.74) is 2.58. The molecule has 0 aromatic heterocycles. The smallest absolute Gasteiger partial charge is 0.255 e. The Kier molecular flexibility index (Phi) is 5.89. The fourth-order valence-corrected chi connectivity index (χ4v) is 5.06. The highest BCUT2D eigenvalue weighted by Crippen LogP contribution is 2.26. The van der Waals surface area contributed by atoms with Gasteiger partial charge in [-0.2, -0.15) is 4.31 Å². The first-order valence-electron chi connectivity index (χ1n) is 9.04. The van der Waals surface area contributed by atoms with Gasteiger partial charge in [0.25, 0.3) is 5.91 Å². The average molecular weight is 407 g/mol. The quantitative estimate of drug-likeness (QED) is 0.762. The summed E-state index contributed by atoms with van der Waals surface area (Å²) in [5, 5.41) is 0.261. The summed E-state index contributed by atoms with van der Waals surface area (Å²) < 4.78 is 26.9. The maximum atomic E-state index is 13.1. The number of amides is 1. The summed E-state index contributed by atoms with van der Waals surface area (Å²) >= 11 is 6.25. The zero-order valence-corrected chi connectivity index (χ0v) is 17.1. The average Bonchev–Trinajstić information content (AvgIpc) is 2.68. The van der Waals surface area contributed by atoms with Crippen molar-refractivity contribution in [2.45, 2.75) is 31.7 Å². The first kappa shape index (κ1) is 19.9. The molecule has 7 heteroatoms. The van der Waals surface area contributed by atoms with Crippen LogP contribution in [0.1, 0.15) is 35.3 Å². The zero-order valence-electron chi connectivity index (χ0n) is 15.5. The number of carbonyl (C=O) groups is 1. The number of fused-ring (bicyclic) bond motifs is 1. The van der Waals surface area contributed by atoms with Crippen molar-refractivity contribution in [3.8, 4) is 0 Å². The van der Waals surface area contributed by atoms with Gasteiger partial charge in [-0.25, -0.2) is 8.42 Å². The first-order chi connectivity index (χ1) is 12.9. The van der Waals surface area contributed by atoms with E-state index < -0.39 is 10.0 Å². The lowest BCUT2D eigenvalue weighted by molar-refractivity contribution is 0.0734. The van der Waals surface area contributed by atoms with Gasteiger partial charge in [0.2, 0.25) is 10.0 Å². The normalized spacial score (nSPS) is 14.3. The number of benzene rings is 2. The Balaban J connectivity index is 1.92. The van der Waals surface area contributed by atoms with Gasteiger partial charge in [-0.1, -0.05) is 49.7 Å². The fourth-order valence-electron chi connectivity index (χ4n) is 3.38. The standard InChI is InChI=1S/C20H23ClN2O3S/c1-3-23(4-2)27(25,26)17-9-10-19(21)18(13-17)20(24)22-12-11-15-7-5-6-8-16(15)14-22/h5-10,13H,3-4,11-12,14H2,1-2H3. The summed E-state index contributed by atoms with van der Waals surface area (Å²) in [7, 11) is -3.65. The summed E-state index contributed by atoms with van der Waals surface area (Å²) in [6.45, 7) is 5.39. The van der Waals surface area contributed by atoms with E-state index in [2.05, 4.69) is 6.07 Å². The number of halogens is 1. The monoisotopic (exact) mass is 406 g/mol. The van der Waals surface area contributed by atoms with Crippen molar-refractivity contribution >= 4 is 27.5 Å². The molecule has 1 aliphatic rings. The molecule has 1 heterocycles. The number of hydrogen-bond acceptors (Lipinski definition) is 3. The molecule has 1 aliphatic heterocycles. The van der Waals surface area contributed by atoms with Crippen LogP contribution in [0.2, 0.25) is 5.02 Å². The van der Waals surface area contributed by atoms with E-state index in [0.717, 1.165) is 12.0 Å². The lowest BCUT2D eigenvalue weighted by atomic mass is 9.99. The zero-order chi connectivity index (χ0) is 19.6. The molecule has 2 aromatic rings. The lowest BCUT2D eigenvalue weighted by Crippen LogP contribution is -2.36. The number of carbonyl (C=O) groups excluding carboxylic acids is 1. The molecular weight excluding hydrogens is 384 g/mol. The molecule has 5 nitrogen and oxygen atoms in total. The van der Waals surface area contributed by atoms with Gasteiger partial charge < -0.3 is 4.90 Å². The topological polar surface area (TPSA) is 57.7 Å². The molecule has 0 unspecified atom stereocenters. The number of sulfonamides is 1. The second-order valence-electron chi connectivity index (χ2n) is 6.48. The van der Waals surface area contributed by atoms with Gasteiger partial charge in [0, 0.05) is 26.2 Å². The van der Waals surface area contributed by atoms with Crippen molar-refractivity contribution in [1.29, 1.82) is 0 Å². The molecule has 1 amide bonds. The van der Waals surface area contributed by atoms with Crippen molar-refractivity contribution in [3.05, 3.63) is 64.2 Å². The third-order valence-electron chi connectivity index (χ3n) is 4.93. The second kappa shape index (κ2) is 8.00. The molecule has 0 bridgehead atoms. The van der Waals surface area contributed by atoms with Crippen LogP contribution in [0.3, 0.4) is 0 Å². The van der Waals surface area contributed by atoms with Crippen LogP contribution in [0.5, 0.6) is 0 Å². The highest BCUT2D eigenvalue weighted by Gasteiger charge is 2.27. The van der Waals surface area contributed by atoms with Crippen molar-refractivity contribution < 1.29 is 13.2 Å². The minimum absolute atomic E-state index is 0.0939. The van der Waals surface area contributed by atoms with E-state index in [4.69, 9.17) is 11.6 Å². The third kappa shape index (κ3) is 3.88. The van der Waals surface area contributed by atoms with Crippen LogP contribution < -0.4 is 0 Å². The first-order valence-corrected chi connectivity index (χ1v) is 10.9. The van der Waals surface area contributed by atoms with Crippen molar-refractivity contribution in [1.82, 2.24) is 9.21 Å². The van der Waals surface area contributed by atoms with Gasteiger partial charge in [-0.15, -0.1) is 0 Å². The van der Waals surface area contributed by atoms with Crippen LogP contribution in [-0.2, 0) is 23.0 Å². The Morgan fingerprint density at radius 2 is 1.78 bits per heavy atom. The Morgan fingerprint density at radius 3 is 2.44 bits per heavy atom. The van der Waals surface area contributed by atoms with E-state index in [1.54, 1.807) is 18.7 Å². The Morgan fingerprint density at radius 1 is 1.11 bits per heavy atom. The van der Waals surface area contributed by atoms with Gasteiger partial charge in [-0.05, 0) is 35.7 Å². The van der Waals surface area contributed by atoms with Crippen molar-refractivity contribution in [2.75, 3.05) is 19.6 Å². The van der Waals surface area contributed by atoms with Crippen LogP contribution in [0, 0.1) is 0 Å². The Labute approximate surface area is 165 Å². The molecule has 0 saturated heterocycles. The minimum atomic E-state index is -3.65. The van der Waals surface area contributed by atoms with E-state index in [1.165, 1.54) is 28.1 Å². The summed E-state index contributed by atoms with van der Waals surface area (Å²) in [6.07, 6.45) is 0.775. The van der Waals surface area contributed by atoms with Gasteiger partial charge in [0.15, 0.2) is 0 Å². The number of hydrogen-bond donors (Lipinski definition) is 0. The third-order valence-corrected chi connectivity index (χ3v) is 7.30. The molecule has 144 valence electrons. The molecule has 0 atom stereocenters. The number of rotatable bonds is 5. The molecule has 0 aliphatic carbocycles. The van der Waals surface area contributed by atoms with Gasteiger partial charge in [0.1, 0.15) is 0 Å². The molecule has 2 aromatic carbocycles. The summed E-state index contributed by atoms with van der Waals surface area (Å²) in [5.74, 6) is -0.244. The minimum Gasteiger partial charge on any atom is -0.334 e. The van der Waals surface area contributed by atoms with Crippen LogP contribution in [0.15, 0.2) is 47.4 Å². The van der Waals surface area contributed by atoms with Gasteiger partial charge in [-0.3, -0.25) is 4.79 Å². The van der Waals surface area contributed by atoms with Crippen LogP contribution in [0.25, 0.3) is 0 Å². The Hall–Kier alpha value is -1.89. The van der Waals surface area contributed by atoms with Gasteiger partial charge >= 0.3 is 0 Å². The van der Waals surface area contributed by atoms with E-state index in [1.807, 2.05) is 18.2 Å². The van der Waals surface area contributed by atoms with Crippen LogP contribution >= 0.6 is 11.6 Å². The fraction of sp³-hybridized carbons (Fsp3) is 0.350. The van der Waals surface area contributed by atoms with Crippen LogP contribution in [0.4, 0.5) is 0 Å². The predicted octanol–water partition coefficient (Wildman–Crippen LogP) is 3.57. The molecular formula is C20H23ClN2O3S. The molecule has 0 saturated carbocycles. The maximum absolute atomic E-state index is 13.1. The van der Waals surface area contributed by atoms with Gasteiger partial charge in [0.05, 0.1) is 15.5 Å². The SMILES string of the molecule is CCN(CC)S(=O)(=O)c1ccc(Cl)c(C(=O)N2CCc3ccccc3C2)c1. The molecule has 0 spiro atoms. The lowest BCUT2D eigenvalue weighted by Gasteiger charge is -2.29. The van der Waals surface area contributed by atoms with E-state index in [9.17, 15) is 13.2 Å². The highest BCUT2D eigenvalue weighted by atomic mass is 35.5. The maximum Gasteiger partial charge on any atom is 0.255 e. The van der Waals surface area contributed by atoms with E-state index in [-0.39, 0.29) is 21.4 Å². The summed E-state index contributed by atoms with van der Waals surface area (Å²) in [6, 6.07) is 12.4. The summed E-state index contributed by atoms with van der Waals surface area (Å²) in [4.78, 5) is 14.9. The van der Waals surface area contributed by atoms with Crippen molar-refractivity contribution in [3.63, 3.8) is 0 Å². The van der Waals surface area contributed by atoms with Crippen LogP contribution in [-0.4, -0.2) is 43.2 Å².